The molecule has 0 spiro atoms. The van der Waals surface area contributed by atoms with Gasteiger partial charge in [-0.25, -0.2) is 14.4 Å². The predicted molar refractivity (Wildman–Crippen MR) is 131 cm³/mol. The van der Waals surface area contributed by atoms with E-state index in [1.54, 1.807) is 18.3 Å². The number of aliphatic carboxylic acids is 1. The molecular weight excluding hydrogens is 457 g/mol. The highest BCUT2D eigenvalue weighted by atomic mass is 35.5. The van der Waals surface area contributed by atoms with E-state index in [1.165, 1.54) is 6.07 Å². The number of hydrogen-bond donors (Lipinski definition) is 2. The zero-order valence-corrected chi connectivity index (χ0v) is 19.1. The van der Waals surface area contributed by atoms with Crippen molar-refractivity contribution in [2.45, 2.75) is 12.8 Å². The summed E-state index contributed by atoms with van der Waals surface area (Å²) in [5.41, 5.74) is 4.21. The molecule has 34 heavy (non-hydrogen) atoms. The fraction of sp³-hybridized carbons (Fsp3) is 0.240. The van der Waals surface area contributed by atoms with Crippen LogP contribution in [0.15, 0.2) is 54.7 Å². The largest absolute Gasteiger partial charge is 0.481 e. The summed E-state index contributed by atoms with van der Waals surface area (Å²) in [6, 6.07) is 14.8. The van der Waals surface area contributed by atoms with Crippen molar-refractivity contribution in [3.63, 3.8) is 0 Å². The van der Waals surface area contributed by atoms with Crippen LogP contribution in [0.4, 0.5) is 15.9 Å². The third-order valence-electron chi connectivity index (χ3n) is 6.05. The van der Waals surface area contributed by atoms with Gasteiger partial charge >= 0.3 is 5.97 Å². The zero-order chi connectivity index (χ0) is 23.7. The van der Waals surface area contributed by atoms with Gasteiger partial charge in [0.2, 0.25) is 0 Å². The lowest BCUT2D eigenvalue weighted by molar-refractivity contribution is -0.136. The number of aromatic nitrogens is 3. The lowest BCUT2D eigenvalue weighted by atomic mass is 10.1. The summed E-state index contributed by atoms with van der Waals surface area (Å²) in [7, 11) is 0. The second-order valence-electron chi connectivity index (χ2n) is 8.31. The lowest BCUT2D eigenvalue weighted by Gasteiger charge is -2.36. The summed E-state index contributed by atoms with van der Waals surface area (Å²) < 4.78 is 15.0. The standard InChI is InChI=1S/C25H23ClFN5O2/c26-18-4-7-21-22(14-18)30-24(29-21)17-13-20(27)25(28-15-17)32-11-9-31(10-12-32)19-5-1-16(2-6-19)3-8-23(33)34/h1-2,4-7,13-15H,3,8-12H2,(H,29,30)(H,33,34). The molecule has 2 aromatic heterocycles. The van der Waals surface area contributed by atoms with Gasteiger partial charge in [-0.05, 0) is 48.4 Å². The second kappa shape index (κ2) is 9.30. The number of H-pyrrole nitrogens is 1. The Morgan fingerprint density at radius 2 is 1.79 bits per heavy atom. The number of hydrogen-bond acceptors (Lipinski definition) is 5. The Bertz CT molecular complexity index is 1330. The van der Waals surface area contributed by atoms with Crippen molar-refractivity contribution in [1.82, 2.24) is 15.0 Å². The fourth-order valence-electron chi connectivity index (χ4n) is 4.21. The molecule has 0 saturated carbocycles. The number of carboxylic acids is 1. The van der Waals surface area contributed by atoms with E-state index in [-0.39, 0.29) is 12.2 Å². The molecule has 0 atom stereocenters. The Kier molecular flexibility index (Phi) is 6.06. The molecule has 0 aliphatic carbocycles. The van der Waals surface area contributed by atoms with Gasteiger partial charge in [0.15, 0.2) is 11.6 Å². The van der Waals surface area contributed by atoms with E-state index in [0.717, 1.165) is 35.4 Å². The molecule has 1 aliphatic heterocycles. The molecule has 1 aliphatic rings. The first-order valence-electron chi connectivity index (χ1n) is 11.1. The van der Waals surface area contributed by atoms with Crippen LogP contribution >= 0.6 is 11.6 Å². The summed E-state index contributed by atoms with van der Waals surface area (Å²) in [6.45, 7) is 2.77. The third-order valence-corrected chi connectivity index (χ3v) is 6.28. The number of halogens is 2. The van der Waals surface area contributed by atoms with Crippen LogP contribution in [0.25, 0.3) is 22.4 Å². The summed E-state index contributed by atoms with van der Waals surface area (Å²) >= 11 is 6.04. The first-order valence-corrected chi connectivity index (χ1v) is 11.5. The fourth-order valence-corrected chi connectivity index (χ4v) is 4.38. The number of carbonyl (C=O) groups is 1. The number of nitrogens with one attached hydrogen (secondary N) is 1. The highest BCUT2D eigenvalue weighted by Gasteiger charge is 2.21. The van der Waals surface area contributed by atoms with E-state index >= 15 is 4.39 Å². The normalized spacial score (nSPS) is 14.1. The smallest absolute Gasteiger partial charge is 0.303 e. The van der Waals surface area contributed by atoms with E-state index in [9.17, 15) is 4.79 Å². The molecule has 2 aromatic carbocycles. The monoisotopic (exact) mass is 479 g/mol. The number of rotatable bonds is 6. The first-order chi connectivity index (χ1) is 16.5. The molecule has 7 nitrogen and oxygen atoms in total. The van der Waals surface area contributed by atoms with E-state index < -0.39 is 5.97 Å². The molecule has 3 heterocycles. The van der Waals surface area contributed by atoms with Gasteiger partial charge in [0, 0.05) is 55.1 Å². The Labute approximate surface area is 200 Å². The average molecular weight is 480 g/mol. The van der Waals surface area contributed by atoms with Crippen LogP contribution in [0.1, 0.15) is 12.0 Å². The molecule has 0 bridgehead atoms. The molecule has 4 aromatic rings. The number of carboxylic acid groups (broad SMARTS) is 1. The number of fused-ring (bicyclic) bond motifs is 1. The number of pyridine rings is 1. The SMILES string of the molecule is O=C(O)CCc1ccc(N2CCN(c3ncc(-c4nc5ccc(Cl)cc5[nH]4)cc3F)CC2)cc1. The van der Waals surface area contributed by atoms with E-state index in [1.807, 2.05) is 35.2 Å². The van der Waals surface area contributed by atoms with E-state index in [4.69, 9.17) is 16.7 Å². The molecule has 9 heteroatoms. The van der Waals surface area contributed by atoms with Gasteiger partial charge in [0.25, 0.3) is 0 Å². The Balaban J connectivity index is 1.24. The van der Waals surface area contributed by atoms with Gasteiger partial charge in [-0.2, -0.15) is 0 Å². The van der Waals surface area contributed by atoms with Crippen molar-refractivity contribution in [3.8, 4) is 11.4 Å². The number of benzene rings is 2. The van der Waals surface area contributed by atoms with Gasteiger partial charge in [-0.3, -0.25) is 4.79 Å². The summed E-state index contributed by atoms with van der Waals surface area (Å²) in [4.78, 5) is 27.0. The van der Waals surface area contributed by atoms with Crippen LogP contribution in [0, 0.1) is 5.82 Å². The van der Waals surface area contributed by atoms with Gasteiger partial charge in [-0.1, -0.05) is 23.7 Å². The van der Waals surface area contributed by atoms with Crippen LogP contribution < -0.4 is 9.80 Å². The van der Waals surface area contributed by atoms with Gasteiger partial charge < -0.3 is 19.9 Å². The number of imidazole rings is 1. The average Bonchev–Trinajstić information content (AvgIpc) is 3.26. The van der Waals surface area contributed by atoms with Crippen LogP contribution in [0.3, 0.4) is 0 Å². The van der Waals surface area contributed by atoms with Crippen LogP contribution in [0.5, 0.6) is 0 Å². The predicted octanol–water partition coefficient (Wildman–Crippen LogP) is 4.76. The zero-order valence-electron chi connectivity index (χ0n) is 18.3. The molecule has 0 amide bonds. The molecular formula is C25H23ClFN5O2. The van der Waals surface area contributed by atoms with Crippen molar-refractivity contribution in [2.75, 3.05) is 36.0 Å². The summed E-state index contributed by atoms with van der Waals surface area (Å²) in [6.07, 6.45) is 2.28. The molecule has 0 radical (unpaired) electrons. The number of piperazine rings is 1. The highest BCUT2D eigenvalue weighted by molar-refractivity contribution is 6.31. The number of aromatic amines is 1. The van der Waals surface area contributed by atoms with Crippen molar-refractivity contribution in [1.29, 1.82) is 0 Å². The first kappa shape index (κ1) is 22.2. The minimum absolute atomic E-state index is 0.125. The van der Waals surface area contributed by atoms with Crippen LogP contribution in [0.2, 0.25) is 5.02 Å². The maximum Gasteiger partial charge on any atom is 0.303 e. The number of anilines is 2. The Morgan fingerprint density at radius 1 is 1.06 bits per heavy atom. The minimum Gasteiger partial charge on any atom is -0.481 e. The maximum atomic E-state index is 15.0. The summed E-state index contributed by atoms with van der Waals surface area (Å²) in [5, 5.41) is 9.44. The number of nitrogens with zero attached hydrogens (tertiary/aromatic N) is 4. The Hall–Kier alpha value is -3.65. The number of aryl methyl sites for hydroxylation is 1. The minimum atomic E-state index is -0.795. The van der Waals surface area contributed by atoms with Crippen LogP contribution in [-0.4, -0.2) is 52.2 Å². The molecule has 1 saturated heterocycles. The lowest BCUT2D eigenvalue weighted by Crippen LogP contribution is -2.47. The molecule has 1 fully saturated rings. The van der Waals surface area contributed by atoms with Crippen molar-refractivity contribution < 1.29 is 14.3 Å². The topological polar surface area (TPSA) is 85.3 Å². The highest BCUT2D eigenvalue weighted by Crippen LogP contribution is 2.27. The van der Waals surface area contributed by atoms with Crippen molar-refractivity contribution in [3.05, 3.63) is 71.1 Å². The van der Waals surface area contributed by atoms with E-state index in [0.29, 0.717) is 41.7 Å². The van der Waals surface area contributed by atoms with Gasteiger partial charge in [-0.15, -0.1) is 0 Å². The summed E-state index contributed by atoms with van der Waals surface area (Å²) in [5.74, 6) is -0.290. The maximum absolute atomic E-state index is 15.0. The van der Waals surface area contributed by atoms with Gasteiger partial charge in [0.05, 0.1) is 11.0 Å². The quantitative estimate of drug-likeness (QED) is 0.414. The Morgan fingerprint density at radius 3 is 2.50 bits per heavy atom. The van der Waals surface area contributed by atoms with Crippen molar-refractivity contribution in [2.24, 2.45) is 0 Å². The van der Waals surface area contributed by atoms with Gasteiger partial charge in [0.1, 0.15) is 5.82 Å². The second-order valence-corrected chi connectivity index (χ2v) is 8.75. The van der Waals surface area contributed by atoms with Crippen molar-refractivity contribution >= 4 is 40.1 Å². The van der Waals surface area contributed by atoms with E-state index in [2.05, 4.69) is 19.9 Å². The molecule has 0 unspecified atom stereocenters. The molecule has 5 rings (SSSR count). The third kappa shape index (κ3) is 4.68. The molecule has 174 valence electrons. The molecule has 2 N–H and O–H groups in total. The van der Waals surface area contributed by atoms with Crippen LogP contribution in [-0.2, 0) is 11.2 Å².